The third-order valence-corrected chi connectivity index (χ3v) is 9.72. The van der Waals surface area contributed by atoms with Gasteiger partial charge in [0, 0.05) is 66.7 Å². The van der Waals surface area contributed by atoms with Gasteiger partial charge in [0.25, 0.3) is 5.91 Å². The summed E-state index contributed by atoms with van der Waals surface area (Å²) in [4.78, 5) is 29.9. The van der Waals surface area contributed by atoms with Crippen LogP contribution in [0.25, 0.3) is 39.4 Å². The lowest BCUT2D eigenvalue weighted by atomic mass is 10.0. The fourth-order valence-electron chi connectivity index (χ4n) is 7.02. The van der Waals surface area contributed by atoms with Crippen LogP contribution in [0.2, 0.25) is 0 Å². The number of anilines is 1. The Kier molecular flexibility index (Phi) is 7.92. The molecule has 0 spiro atoms. The van der Waals surface area contributed by atoms with Crippen LogP contribution in [0, 0.1) is 5.82 Å². The topological polar surface area (TPSA) is 119 Å². The van der Waals surface area contributed by atoms with Gasteiger partial charge in [-0.25, -0.2) is 18.9 Å². The van der Waals surface area contributed by atoms with Crippen molar-refractivity contribution in [2.45, 2.75) is 44.2 Å². The minimum absolute atomic E-state index is 0.212. The van der Waals surface area contributed by atoms with Crippen LogP contribution >= 0.6 is 0 Å². The molecule has 2 fully saturated rings. The molecule has 1 amide bonds. The van der Waals surface area contributed by atoms with Crippen LogP contribution in [0.1, 0.15) is 59.5 Å². The van der Waals surface area contributed by atoms with Crippen LogP contribution in [-0.2, 0) is 6.54 Å². The number of amides is 1. The first-order chi connectivity index (χ1) is 25.1. The Morgan fingerprint density at radius 1 is 0.902 bits per heavy atom. The Balaban J connectivity index is 1.05. The molecule has 1 saturated heterocycles. The smallest absolute Gasteiger partial charge is 0.256 e. The van der Waals surface area contributed by atoms with Gasteiger partial charge < -0.3 is 14.4 Å². The van der Waals surface area contributed by atoms with Gasteiger partial charge in [-0.05, 0) is 85.8 Å². The van der Waals surface area contributed by atoms with Crippen molar-refractivity contribution in [2.24, 2.45) is 0 Å². The van der Waals surface area contributed by atoms with E-state index in [1.807, 2.05) is 48.5 Å². The summed E-state index contributed by atoms with van der Waals surface area (Å²) in [6.07, 6.45) is 10.9. The molecular formula is C39H34FN9O2. The number of halogens is 1. The number of likely N-dealkylation sites (tertiary alicyclic amines) is 1. The van der Waals surface area contributed by atoms with Crippen molar-refractivity contribution in [3.63, 3.8) is 0 Å². The highest BCUT2D eigenvalue weighted by Gasteiger charge is 2.36. The van der Waals surface area contributed by atoms with Crippen molar-refractivity contribution in [1.29, 1.82) is 0 Å². The Hall–Kier alpha value is -6.01. The lowest BCUT2D eigenvalue weighted by Gasteiger charge is -2.33. The highest BCUT2D eigenvalue weighted by atomic mass is 19.1. The standard InChI is InChI=1S/C39H34FN9O2/c40-30-10-8-25(9-11-30)36-37(49(38(44-36)26-6-7-26)32-14-18-47(19-15-32)23-31-16-20-51-46-31)33-12-13-35-42-34(24-48(35)45-33)43-39(50)28-4-1-3-27(21-28)29-5-2-17-41-22-29/h1-5,8-13,16-17,20-22,24,26,32H,6-7,14-15,18-19,23H2,(H,43,50). The number of hydrogen-bond donors (Lipinski definition) is 1. The molecule has 12 heteroatoms. The second-order valence-corrected chi connectivity index (χ2v) is 13.2. The van der Waals surface area contributed by atoms with E-state index in [2.05, 4.69) is 29.9 Å². The fourth-order valence-corrected chi connectivity index (χ4v) is 7.02. The molecule has 2 aliphatic rings. The number of rotatable bonds is 9. The largest absolute Gasteiger partial charge is 0.364 e. The average molecular weight is 680 g/mol. The summed E-state index contributed by atoms with van der Waals surface area (Å²) in [5.41, 5.74) is 7.12. The van der Waals surface area contributed by atoms with Crippen LogP contribution in [0.5, 0.6) is 0 Å². The normalized spacial score (nSPS) is 15.4. The van der Waals surface area contributed by atoms with Gasteiger partial charge in [0.05, 0.1) is 23.3 Å². The number of nitrogens with zero attached hydrogens (tertiary/aromatic N) is 8. The second-order valence-electron chi connectivity index (χ2n) is 13.2. The quantitative estimate of drug-likeness (QED) is 0.168. The first-order valence-electron chi connectivity index (χ1n) is 17.2. The predicted molar refractivity (Wildman–Crippen MR) is 189 cm³/mol. The third kappa shape index (κ3) is 6.30. The summed E-state index contributed by atoms with van der Waals surface area (Å²) < 4.78 is 23.2. The molecule has 1 N–H and O–H groups in total. The van der Waals surface area contributed by atoms with E-state index >= 15 is 0 Å². The van der Waals surface area contributed by atoms with Crippen LogP contribution in [0.3, 0.4) is 0 Å². The van der Waals surface area contributed by atoms with Gasteiger partial charge in [-0.15, -0.1) is 0 Å². The number of piperidine rings is 1. The molecule has 254 valence electrons. The van der Waals surface area contributed by atoms with Crippen LogP contribution in [0.4, 0.5) is 10.2 Å². The molecule has 0 unspecified atom stereocenters. The molecule has 1 saturated carbocycles. The molecule has 7 aromatic rings. The minimum atomic E-state index is -0.294. The van der Waals surface area contributed by atoms with E-state index in [0.29, 0.717) is 22.9 Å². The van der Waals surface area contributed by atoms with E-state index < -0.39 is 0 Å². The van der Waals surface area contributed by atoms with Crippen LogP contribution in [0.15, 0.2) is 108 Å². The minimum Gasteiger partial charge on any atom is -0.364 e. The molecule has 2 aromatic carbocycles. The molecular weight excluding hydrogens is 645 g/mol. The van der Waals surface area contributed by atoms with E-state index in [1.54, 1.807) is 47.6 Å². The van der Waals surface area contributed by atoms with E-state index in [0.717, 1.165) is 90.6 Å². The van der Waals surface area contributed by atoms with Gasteiger partial charge in [-0.1, -0.05) is 23.4 Å². The zero-order chi connectivity index (χ0) is 34.3. The van der Waals surface area contributed by atoms with Gasteiger partial charge in [0.15, 0.2) is 11.5 Å². The van der Waals surface area contributed by atoms with Gasteiger partial charge >= 0.3 is 0 Å². The van der Waals surface area contributed by atoms with Gasteiger partial charge in [0.2, 0.25) is 0 Å². The summed E-state index contributed by atoms with van der Waals surface area (Å²) in [6, 6.07) is 23.8. The van der Waals surface area contributed by atoms with Crippen molar-refractivity contribution in [2.75, 3.05) is 18.4 Å². The summed E-state index contributed by atoms with van der Waals surface area (Å²) in [5.74, 6) is 1.26. The number of nitrogens with one attached hydrogen (secondary N) is 1. The molecule has 1 aliphatic heterocycles. The monoisotopic (exact) mass is 679 g/mol. The molecule has 51 heavy (non-hydrogen) atoms. The van der Waals surface area contributed by atoms with E-state index in [9.17, 15) is 9.18 Å². The van der Waals surface area contributed by atoms with Crippen molar-refractivity contribution < 1.29 is 13.7 Å². The molecule has 5 aromatic heterocycles. The third-order valence-electron chi connectivity index (χ3n) is 9.72. The predicted octanol–water partition coefficient (Wildman–Crippen LogP) is 7.42. The molecule has 0 radical (unpaired) electrons. The van der Waals surface area contributed by atoms with Gasteiger partial charge in [-0.2, -0.15) is 5.10 Å². The number of benzene rings is 2. The van der Waals surface area contributed by atoms with E-state index in [4.69, 9.17) is 14.6 Å². The van der Waals surface area contributed by atoms with Crippen molar-refractivity contribution in [3.8, 4) is 33.8 Å². The maximum Gasteiger partial charge on any atom is 0.256 e. The fraction of sp³-hybridized carbons (Fsp3) is 0.231. The molecule has 6 heterocycles. The summed E-state index contributed by atoms with van der Waals surface area (Å²) in [5, 5.41) is 12.1. The van der Waals surface area contributed by atoms with Crippen molar-refractivity contribution in [3.05, 3.63) is 127 Å². The number of carbonyl (C=O) groups is 1. The zero-order valence-electron chi connectivity index (χ0n) is 27.7. The first kappa shape index (κ1) is 31.0. The molecule has 1 aliphatic carbocycles. The second kappa shape index (κ2) is 13.0. The van der Waals surface area contributed by atoms with Crippen molar-refractivity contribution in [1.82, 2.24) is 39.2 Å². The molecule has 9 rings (SSSR count). The van der Waals surface area contributed by atoms with E-state index in [1.165, 1.54) is 12.1 Å². The number of carbonyl (C=O) groups excluding carboxylic acids is 1. The number of hydrogen-bond acceptors (Lipinski definition) is 8. The van der Waals surface area contributed by atoms with Crippen LogP contribution < -0.4 is 5.32 Å². The van der Waals surface area contributed by atoms with Gasteiger partial charge in [0.1, 0.15) is 23.6 Å². The number of fused-ring (bicyclic) bond motifs is 1. The first-order valence-corrected chi connectivity index (χ1v) is 17.2. The average Bonchev–Trinajstić information content (AvgIpc) is 3.53. The Morgan fingerprint density at radius 3 is 2.51 bits per heavy atom. The SMILES string of the molecule is O=C(Nc1cn2nc(-c3c(-c4ccc(F)cc4)nc(C4CC4)n3C3CCN(Cc4ccon4)CC3)ccc2n1)c1cccc(-c2cccnc2)c1. The van der Waals surface area contributed by atoms with E-state index in [-0.39, 0.29) is 17.8 Å². The highest BCUT2D eigenvalue weighted by Crippen LogP contribution is 2.46. The number of imidazole rings is 2. The van der Waals surface area contributed by atoms with Crippen molar-refractivity contribution >= 4 is 17.4 Å². The maximum absolute atomic E-state index is 14.1. The maximum atomic E-state index is 14.1. The zero-order valence-corrected chi connectivity index (χ0v) is 27.7. The highest BCUT2D eigenvalue weighted by molar-refractivity contribution is 6.04. The summed E-state index contributed by atoms with van der Waals surface area (Å²) in [6.45, 7) is 2.57. The Labute approximate surface area is 292 Å². The molecule has 0 atom stereocenters. The summed E-state index contributed by atoms with van der Waals surface area (Å²) in [7, 11) is 0. The summed E-state index contributed by atoms with van der Waals surface area (Å²) >= 11 is 0. The number of pyridine rings is 1. The molecule has 11 nitrogen and oxygen atoms in total. The number of aromatic nitrogens is 7. The lowest BCUT2D eigenvalue weighted by Crippen LogP contribution is -2.35. The van der Waals surface area contributed by atoms with Crippen LogP contribution in [-0.4, -0.2) is 58.2 Å². The molecule has 0 bridgehead atoms. The Bertz CT molecular complexity index is 2320. The Morgan fingerprint density at radius 2 is 1.75 bits per heavy atom. The van der Waals surface area contributed by atoms with Gasteiger partial charge in [-0.3, -0.25) is 14.7 Å². The lowest BCUT2D eigenvalue weighted by molar-refractivity contribution is 0.102.